The number of hydrogen-bond donors (Lipinski definition) is 1. The van der Waals surface area contributed by atoms with Gasteiger partial charge in [-0.25, -0.2) is 8.42 Å². The second kappa shape index (κ2) is 8.67. The van der Waals surface area contributed by atoms with E-state index in [2.05, 4.69) is 22.1 Å². The molecule has 1 aliphatic heterocycles. The van der Waals surface area contributed by atoms with Crippen molar-refractivity contribution in [2.45, 2.75) is 36.2 Å². The number of anilines is 1. The Kier molecular flexibility index (Phi) is 6.47. The van der Waals surface area contributed by atoms with Gasteiger partial charge in [-0.1, -0.05) is 35.5 Å². The first-order valence-electron chi connectivity index (χ1n) is 8.76. The molecule has 1 fully saturated rings. The predicted octanol–water partition coefficient (Wildman–Crippen LogP) is 3.14. The van der Waals surface area contributed by atoms with Crippen LogP contribution in [0.2, 0.25) is 5.02 Å². The number of nitrogens with zero attached hydrogens (tertiary/aromatic N) is 3. The Bertz CT molecular complexity index is 990. The monoisotopic (exact) mass is 440 g/mol. The van der Waals surface area contributed by atoms with Crippen molar-refractivity contribution >= 4 is 44.8 Å². The first-order chi connectivity index (χ1) is 13.3. The summed E-state index contributed by atoms with van der Waals surface area (Å²) in [7, 11) is -3.03. The van der Waals surface area contributed by atoms with Crippen LogP contribution in [0, 0.1) is 0 Å². The molecule has 1 aromatic carbocycles. The van der Waals surface area contributed by atoms with E-state index in [-0.39, 0.29) is 23.3 Å². The van der Waals surface area contributed by atoms with Crippen LogP contribution in [0.25, 0.3) is 0 Å². The first kappa shape index (κ1) is 20.9. The Morgan fingerprint density at radius 3 is 2.93 bits per heavy atom. The third-order valence-corrected chi connectivity index (χ3v) is 7.48. The molecule has 2 unspecified atom stereocenters. The van der Waals surface area contributed by atoms with Crippen molar-refractivity contribution in [1.29, 1.82) is 0 Å². The normalized spacial score (nSPS) is 19.3. The van der Waals surface area contributed by atoms with E-state index < -0.39 is 15.1 Å². The zero-order chi connectivity index (χ0) is 20.3. The summed E-state index contributed by atoms with van der Waals surface area (Å²) in [5.74, 6) is 0.510. The van der Waals surface area contributed by atoms with Gasteiger partial charge in [0.15, 0.2) is 15.0 Å². The number of allylic oxidation sites excluding steroid dienone is 1. The molecule has 0 aliphatic carbocycles. The average molecular weight is 441 g/mol. The van der Waals surface area contributed by atoms with Crippen LogP contribution in [0.1, 0.15) is 25.1 Å². The van der Waals surface area contributed by atoms with Crippen LogP contribution >= 0.6 is 23.4 Å². The summed E-state index contributed by atoms with van der Waals surface area (Å²) in [6.45, 7) is 5.98. The van der Waals surface area contributed by atoms with Gasteiger partial charge in [0, 0.05) is 23.2 Å². The second-order valence-electron chi connectivity index (χ2n) is 6.60. The van der Waals surface area contributed by atoms with Crippen molar-refractivity contribution in [3.8, 4) is 0 Å². The molecule has 3 rings (SSSR count). The number of carbonyl (C=O) groups excluding carboxylic acids is 1. The highest BCUT2D eigenvalue weighted by atomic mass is 35.5. The van der Waals surface area contributed by atoms with Gasteiger partial charge < -0.3 is 9.88 Å². The molecule has 2 heterocycles. The zero-order valence-corrected chi connectivity index (χ0v) is 17.7. The first-order valence-corrected chi connectivity index (χ1v) is 11.8. The Morgan fingerprint density at radius 2 is 2.29 bits per heavy atom. The maximum Gasteiger partial charge on any atom is 0.237 e. The lowest BCUT2D eigenvalue weighted by molar-refractivity contribution is -0.115. The molecule has 1 aromatic heterocycles. The molecule has 0 radical (unpaired) electrons. The molecule has 1 saturated heterocycles. The lowest BCUT2D eigenvalue weighted by Crippen LogP contribution is -2.23. The smallest absolute Gasteiger partial charge is 0.237 e. The maximum absolute atomic E-state index is 12.5. The third kappa shape index (κ3) is 4.95. The summed E-state index contributed by atoms with van der Waals surface area (Å²) >= 11 is 7.22. The minimum absolute atomic E-state index is 0.0811. The van der Waals surface area contributed by atoms with Crippen molar-refractivity contribution in [3.05, 3.63) is 47.8 Å². The van der Waals surface area contributed by atoms with E-state index in [0.717, 1.165) is 0 Å². The van der Waals surface area contributed by atoms with Crippen molar-refractivity contribution < 1.29 is 13.2 Å². The summed E-state index contributed by atoms with van der Waals surface area (Å²) in [5, 5.41) is 11.9. The molecule has 0 spiro atoms. The predicted molar refractivity (Wildman–Crippen MR) is 112 cm³/mol. The number of halogens is 1. The van der Waals surface area contributed by atoms with Crippen molar-refractivity contribution in [1.82, 2.24) is 14.8 Å². The number of amides is 1. The number of benzene rings is 1. The highest BCUT2D eigenvalue weighted by Gasteiger charge is 2.33. The molecule has 7 nitrogen and oxygen atoms in total. The molecule has 150 valence electrons. The number of thioether (sulfide) groups is 1. The SMILES string of the molecule is C=CCn1c(SC(C)C(=O)Nc2cccc(Cl)c2)nnc1C1CCS(=O)(=O)C1. The Labute approximate surface area is 173 Å². The van der Waals surface area contributed by atoms with Gasteiger partial charge in [0.05, 0.1) is 16.8 Å². The minimum atomic E-state index is -3.03. The Hall–Kier alpha value is -1.84. The van der Waals surface area contributed by atoms with Gasteiger partial charge in [-0.05, 0) is 31.5 Å². The molecule has 0 bridgehead atoms. The lowest BCUT2D eigenvalue weighted by atomic mass is 10.1. The number of nitrogens with one attached hydrogen (secondary N) is 1. The Balaban J connectivity index is 1.74. The molecule has 2 atom stereocenters. The van der Waals surface area contributed by atoms with Crippen LogP contribution in [0.4, 0.5) is 5.69 Å². The van der Waals surface area contributed by atoms with Crippen LogP contribution < -0.4 is 5.32 Å². The maximum atomic E-state index is 12.5. The molecule has 1 N–H and O–H groups in total. The highest BCUT2D eigenvalue weighted by molar-refractivity contribution is 8.00. The van der Waals surface area contributed by atoms with Crippen LogP contribution in [-0.2, 0) is 21.2 Å². The molecule has 0 saturated carbocycles. The number of rotatable bonds is 7. The third-order valence-electron chi connectivity index (χ3n) is 4.40. The molecule has 28 heavy (non-hydrogen) atoms. The van der Waals surface area contributed by atoms with E-state index in [1.807, 2.05) is 4.57 Å². The summed E-state index contributed by atoms with van der Waals surface area (Å²) < 4.78 is 25.5. The van der Waals surface area contributed by atoms with Gasteiger partial charge in [0.2, 0.25) is 5.91 Å². The number of hydrogen-bond acceptors (Lipinski definition) is 6. The average Bonchev–Trinajstić information content (AvgIpc) is 3.18. The van der Waals surface area contributed by atoms with E-state index in [0.29, 0.717) is 34.7 Å². The molecule has 1 amide bonds. The van der Waals surface area contributed by atoms with E-state index in [9.17, 15) is 13.2 Å². The fourth-order valence-corrected chi connectivity index (χ4v) is 5.81. The highest BCUT2D eigenvalue weighted by Crippen LogP contribution is 2.31. The number of aromatic nitrogens is 3. The van der Waals surface area contributed by atoms with Gasteiger partial charge in [-0.2, -0.15) is 0 Å². The standard InChI is InChI=1S/C18H21ClN4O3S2/c1-3-8-23-16(13-7-9-28(25,26)11-13)21-22-18(23)27-12(2)17(24)20-15-6-4-5-14(19)10-15/h3-6,10,12-13H,1,7-9,11H2,2H3,(H,20,24). The van der Waals surface area contributed by atoms with E-state index in [1.54, 1.807) is 37.3 Å². The quantitative estimate of drug-likeness (QED) is 0.525. The lowest BCUT2D eigenvalue weighted by Gasteiger charge is -2.14. The molecular formula is C18H21ClN4O3S2. The van der Waals surface area contributed by atoms with Crippen LogP contribution in [0.3, 0.4) is 0 Å². The van der Waals surface area contributed by atoms with E-state index in [1.165, 1.54) is 11.8 Å². The van der Waals surface area contributed by atoms with Crippen LogP contribution in [0.5, 0.6) is 0 Å². The minimum Gasteiger partial charge on any atom is -0.325 e. The Morgan fingerprint density at radius 1 is 1.50 bits per heavy atom. The van der Waals surface area contributed by atoms with E-state index >= 15 is 0 Å². The van der Waals surface area contributed by atoms with Gasteiger partial charge in [-0.15, -0.1) is 16.8 Å². The van der Waals surface area contributed by atoms with Crippen molar-refractivity contribution in [3.63, 3.8) is 0 Å². The van der Waals surface area contributed by atoms with Gasteiger partial charge in [0.1, 0.15) is 5.82 Å². The summed E-state index contributed by atoms with van der Waals surface area (Å²) in [4.78, 5) is 12.5. The molecular weight excluding hydrogens is 420 g/mol. The summed E-state index contributed by atoms with van der Waals surface area (Å²) in [6.07, 6.45) is 2.24. The van der Waals surface area contributed by atoms with Crippen molar-refractivity contribution in [2.24, 2.45) is 0 Å². The number of sulfone groups is 1. The summed E-state index contributed by atoms with van der Waals surface area (Å²) in [6, 6.07) is 6.94. The van der Waals surface area contributed by atoms with Crippen molar-refractivity contribution in [2.75, 3.05) is 16.8 Å². The van der Waals surface area contributed by atoms with Crippen LogP contribution in [0.15, 0.2) is 42.1 Å². The molecule has 1 aliphatic rings. The fourth-order valence-electron chi connectivity index (χ4n) is 3.01. The van der Waals surface area contributed by atoms with Crippen LogP contribution in [-0.4, -0.2) is 45.8 Å². The largest absolute Gasteiger partial charge is 0.325 e. The van der Waals surface area contributed by atoms with Gasteiger partial charge >= 0.3 is 0 Å². The molecule has 2 aromatic rings. The topological polar surface area (TPSA) is 93.9 Å². The zero-order valence-electron chi connectivity index (χ0n) is 15.3. The second-order valence-corrected chi connectivity index (χ2v) is 10.6. The number of carbonyl (C=O) groups is 1. The van der Waals surface area contributed by atoms with E-state index in [4.69, 9.17) is 11.6 Å². The summed E-state index contributed by atoms with van der Waals surface area (Å²) in [5.41, 5.74) is 0.620. The van der Waals surface area contributed by atoms with Gasteiger partial charge in [0.25, 0.3) is 0 Å². The molecule has 10 heteroatoms. The fraction of sp³-hybridized carbons (Fsp3) is 0.389. The van der Waals surface area contributed by atoms with Gasteiger partial charge in [-0.3, -0.25) is 4.79 Å².